The molecule has 0 spiro atoms. The van der Waals surface area contributed by atoms with Crippen molar-refractivity contribution in [3.05, 3.63) is 0 Å². The van der Waals surface area contributed by atoms with Crippen molar-refractivity contribution in [1.82, 2.24) is 0 Å². The van der Waals surface area contributed by atoms with Crippen molar-refractivity contribution in [3.8, 4) is 0 Å². The molecule has 0 radical (unpaired) electrons. The summed E-state index contributed by atoms with van der Waals surface area (Å²) >= 11 is 0. The highest BCUT2D eigenvalue weighted by Gasteiger charge is 2.33. The number of ketones is 1. The molecule has 2 nitrogen and oxygen atoms in total. The van der Waals surface area contributed by atoms with Crippen LogP contribution in [-0.4, -0.2) is 12.3 Å². The third-order valence-electron chi connectivity index (χ3n) is 4.09. The molecule has 0 amide bonds. The van der Waals surface area contributed by atoms with Crippen LogP contribution in [0, 0.1) is 17.8 Å². The van der Waals surface area contributed by atoms with E-state index in [1.807, 2.05) is 0 Å². The molecule has 2 N–H and O–H groups in total. The van der Waals surface area contributed by atoms with Crippen molar-refractivity contribution in [3.63, 3.8) is 0 Å². The summed E-state index contributed by atoms with van der Waals surface area (Å²) in [4.78, 5) is 11.9. The average Bonchev–Trinajstić information content (AvgIpc) is 2.15. The topological polar surface area (TPSA) is 43.1 Å². The normalized spacial score (nSPS) is 33.8. The van der Waals surface area contributed by atoms with E-state index in [0.29, 0.717) is 23.5 Å². The molecule has 2 fully saturated rings. The Kier molecular flexibility index (Phi) is 3.22. The van der Waals surface area contributed by atoms with Gasteiger partial charge in [0.05, 0.1) is 0 Å². The Balaban J connectivity index is 1.79. The van der Waals surface area contributed by atoms with Crippen LogP contribution in [0.15, 0.2) is 0 Å². The summed E-state index contributed by atoms with van der Waals surface area (Å²) in [5.74, 6) is 2.10. The van der Waals surface area contributed by atoms with Gasteiger partial charge >= 0.3 is 0 Å². The molecular formula is C12H21NO. The van der Waals surface area contributed by atoms with Crippen LogP contribution in [0.25, 0.3) is 0 Å². The van der Waals surface area contributed by atoms with E-state index >= 15 is 0 Å². The fourth-order valence-electron chi connectivity index (χ4n) is 2.71. The van der Waals surface area contributed by atoms with Gasteiger partial charge in [0.2, 0.25) is 0 Å². The first-order chi connectivity index (χ1) is 6.81. The second-order valence-electron chi connectivity index (χ2n) is 4.98. The maximum atomic E-state index is 11.9. The van der Waals surface area contributed by atoms with Crippen LogP contribution in [0.5, 0.6) is 0 Å². The lowest BCUT2D eigenvalue weighted by Gasteiger charge is -2.32. The number of carbonyl (C=O) groups excluding carboxylic acids is 1. The number of nitrogens with two attached hydrogens (primary N) is 1. The number of hydrogen-bond donors (Lipinski definition) is 1. The van der Waals surface area contributed by atoms with Crippen molar-refractivity contribution in [2.45, 2.75) is 44.9 Å². The zero-order chi connectivity index (χ0) is 9.97. The van der Waals surface area contributed by atoms with Gasteiger partial charge in [-0.15, -0.1) is 0 Å². The molecule has 2 rings (SSSR count). The SMILES string of the molecule is NCC1CCC(C(=O)C2CCC2)CC1. The quantitative estimate of drug-likeness (QED) is 0.749. The summed E-state index contributed by atoms with van der Waals surface area (Å²) < 4.78 is 0. The highest BCUT2D eigenvalue weighted by atomic mass is 16.1. The minimum Gasteiger partial charge on any atom is -0.330 e. The molecule has 0 atom stereocenters. The van der Waals surface area contributed by atoms with Gasteiger partial charge in [0.25, 0.3) is 0 Å². The lowest BCUT2D eigenvalue weighted by Crippen LogP contribution is -2.32. The Morgan fingerprint density at radius 1 is 1.00 bits per heavy atom. The zero-order valence-electron chi connectivity index (χ0n) is 8.87. The van der Waals surface area contributed by atoms with Crippen LogP contribution in [0.3, 0.4) is 0 Å². The fourth-order valence-corrected chi connectivity index (χ4v) is 2.71. The molecule has 80 valence electrons. The molecule has 0 aliphatic heterocycles. The predicted octanol–water partition coefficient (Wildman–Crippen LogP) is 2.12. The van der Waals surface area contributed by atoms with E-state index in [0.717, 1.165) is 32.2 Å². The van der Waals surface area contributed by atoms with Gasteiger partial charge in [-0.2, -0.15) is 0 Å². The van der Waals surface area contributed by atoms with Crippen LogP contribution in [0.4, 0.5) is 0 Å². The average molecular weight is 195 g/mol. The Hall–Kier alpha value is -0.370. The first-order valence-electron chi connectivity index (χ1n) is 6.05. The molecule has 2 aliphatic carbocycles. The van der Waals surface area contributed by atoms with E-state index < -0.39 is 0 Å². The smallest absolute Gasteiger partial charge is 0.139 e. The molecule has 0 aromatic rings. The highest BCUT2D eigenvalue weighted by Crippen LogP contribution is 2.36. The van der Waals surface area contributed by atoms with Gasteiger partial charge in [0, 0.05) is 11.8 Å². The maximum Gasteiger partial charge on any atom is 0.139 e. The Morgan fingerprint density at radius 2 is 1.57 bits per heavy atom. The molecular weight excluding hydrogens is 174 g/mol. The van der Waals surface area contributed by atoms with E-state index in [4.69, 9.17) is 5.73 Å². The van der Waals surface area contributed by atoms with Crippen LogP contribution < -0.4 is 5.73 Å². The lowest BCUT2D eigenvalue weighted by atomic mass is 9.72. The van der Waals surface area contributed by atoms with E-state index in [2.05, 4.69) is 0 Å². The lowest BCUT2D eigenvalue weighted by molar-refractivity contribution is -0.130. The minimum absolute atomic E-state index is 0.392. The second kappa shape index (κ2) is 4.43. The summed E-state index contributed by atoms with van der Waals surface area (Å²) in [5.41, 5.74) is 5.64. The summed E-state index contributed by atoms with van der Waals surface area (Å²) in [7, 11) is 0. The van der Waals surface area contributed by atoms with Crippen molar-refractivity contribution >= 4 is 5.78 Å². The Labute approximate surface area is 86.2 Å². The van der Waals surface area contributed by atoms with E-state index in [9.17, 15) is 4.79 Å². The molecule has 0 bridgehead atoms. The molecule has 0 aromatic carbocycles. The number of hydrogen-bond acceptors (Lipinski definition) is 2. The maximum absolute atomic E-state index is 11.9. The first-order valence-corrected chi connectivity index (χ1v) is 6.05. The first kappa shape index (κ1) is 10.2. The third kappa shape index (κ3) is 2.00. The highest BCUT2D eigenvalue weighted by molar-refractivity contribution is 5.84. The molecule has 0 aromatic heterocycles. The molecule has 2 saturated carbocycles. The van der Waals surface area contributed by atoms with Crippen LogP contribution in [-0.2, 0) is 4.79 Å². The standard InChI is InChI=1S/C12H21NO/c13-8-9-4-6-11(7-5-9)12(14)10-2-1-3-10/h9-11H,1-8,13H2. The van der Waals surface area contributed by atoms with Gasteiger partial charge < -0.3 is 5.73 Å². The van der Waals surface area contributed by atoms with Crippen molar-refractivity contribution < 1.29 is 4.79 Å². The van der Waals surface area contributed by atoms with E-state index in [1.54, 1.807) is 0 Å². The van der Waals surface area contributed by atoms with Gasteiger partial charge in [0.1, 0.15) is 5.78 Å². The Bertz CT molecular complexity index is 202. The molecule has 0 saturated heterocycles. The molecule has 0 unspecified atom stereocenters. The van der Waals surface area contributed by atoms with Gasteiger partial charge in [-0.05, 0) is 51.0 Å². The third-order valence-corrected chi connectivity index (χ3v) is 4.09. The van der Waals surface area contributed by atoms with Gasteiger partial charge in [0.15, 0.2) is 0 Å². The zero-order valence-corrected chi connectivity index (χ0v) is 8.87. The number of carbonyl (C=O) groups is 1. The van der Waals surface area contributed by atoms with Gasteiger partial charge in [-0.1, -0.05) is 6.42 Å². The minimum atomic E-state index is 0.392. The van der Waals surface area contributed by atoms with Crippen LogP contribution >= 0.6 is 0 Å². The number of Topliss-reactive ketones (excluding diaryl/α,β-unsaturated/α-hetero) is 1. The van der Waals surface area contributed by atoms with Gasteiger partial charge in [-0.3, -0.25) is 4.79 Å². The monoisotopic (exact) mass is 195 g/mol. The summed E-state index contributed by atoms with van der Waals surface area (Å²) in [6.45, 7) is 0.810. The summed E-state index contributed by atoms with van der Waals surface area (Å²) in [5, 5.41) is 0. The van der Waals surface area contributed by atoms with Crippen molar-refractivity contribution in [1.29, 1.82) is 0 Å². The molecule has 2 aliphatic rings. The van der Waals surface area contributed by atoms with Crippen molar-refractivity contribution in [2.75, 3.05) is 6.54 Å². The second-order valence-corrected chi connectivity index (χ2v) is 4.98. The molecule has 14 heavy (non-hydrogen) atoms. The molecule has 0 heterocycles. The van der Waals surface area contributed by atoms with Crippen LogP contribution in [0.2, 0.25) is 0 Å². The Morgan fingerprint density at radius 3 is 2.00 bits per heavy atom. The van der Waals surface area contributed by atoms with E-state index in [-0.39, 0.29) is 0 Å². The van der Waals surface area contributed by atoms with Gasteiger partial charge in [-0.25, -0.2) is 0 Å². The molecule has 2 heteroatoms. The van der Waals surface area contributed by atoms with Crippen LogP contribution in [0.1, 0.15) is 44.9 Å². The van der Waals surface area contributed by atoms with E-state index in [1.165, 1.54) is 19.3 Å². The largest absolute Gasteiger partial charge is 0.330 e. The predicted molar refractivity (Wildman–Crippen MR) is 56.9 cm³/mol. The van der Waals surface area contributed by atoms with Crippen molar-refractivity contribution in [2.24, 2.45) is 23.5 Å². The number of rotatable bonds is 3. The summed E-state index contributed by atoms with van der Waals surface area (Å²) in [6.07, 6.45) is 8.17. The fraction of sp³-hybridized carbons (Fsp3) is 0.917. The summed E-state index contributed by atoms with van der Waals surface area (Å²) in [6, 6.07) is 0.